The van der Waals surface area contributed by atoms with Crippen LogP contribution in [-0.4, -0.2) is 21.7 Å². The summed E-state index contributed by atoms with van der Waals surface area (Å²) in [6.07, 6.45) is 0. The fourth-order valence-electron chi connectivity index (χ4n) is 0. The second-order valence-electron chi connectivity index (χ2n) is 1.40. The third-order valence-electron chi connectivity index (χ3n) is 0.641. The Balaban J connectivity index is 3.26. The molecule has 0 saturated carbocycles. The lowest BCUT2D eigenvalue weighted by molar-refractivity contribution is -0.116. The number of hydrogen-bond donors (Lipinski definition) is 1. The molecule has 0 aliphatic rings. The third kappa shape index (κ3) is 2.11. The van der Waals surface area contributed by atoms with E-state index in [0.717, 1.165) is 10.2 Å². The van der Waals surface area contributed by atoms with Crippen LogP contribution in [0.2, 0.25) is 0 Å². The van der Waals surface area contributed by atoms with Crippen LogP contribution in [0.4, 0.5) is 0 Å². The highest BCUT2D eigenvalue weighted by molar-refractivity contribution is 6.23. The molecule has 2 N–H and O–H groups in total. The molecule has 0 saturated heterocycles. The summed E-state index contributed by atoms with van der Waals surface area (Å²) in [7, 11) is 0.782. The van der Waals surface area contributed by atoms with Crippen molar-refractivity contribution < 1.29 is 4.79 Å². The number of nitrogens with two attached hydrogens (primary N) is 1. The first-order chi connectivity index (χ1) is 2.64. The first kappa shape index (κ1) is 5.85. The molecule has 0 aliphatic carbocycles. The normalized spacial score (nSPS) is 14.3. The average molecular weight is 103 g/mol. The summed E-state index contributed by atoms with van der Waals surface area (Å²) in [6, 6.07) is 0. The summed E-state index contributed by atoms with van der Waals surface area (Å²) in [5, 5.41) is 0. The maximum Gasteiger partial charge on any atom is 0.142 e. The molecule has 0 aromatic carbocycles. The van der Waals surface area contributed by atoms with Crippen molar-refractivity contribution in [1.29, 1.82) is 0 Å². The van der Waals surface area contributed by atoms with E-state index in [0.29, 0.717) is 0 Å². The highest BCUT2D eigenvalue weighted by Gasteiger charge is 1.95. The van der Waals surface area contributed by atoms with Gasteiger partial charge in [-0.15, -0.1) is 0 Å². The molecule has 0 fully saturated rings. The minimum atomic E-state index is -0.148. The van der Waals surface area contributed by atoms with Crippen molar-refractivity contribution in [3.63, 3.8) is 0 Å². The number of carbonyl (C=O) groups is 1. The number of ketones is 1. The first-order valence-corrected chi connectivity index (χ1v) is 3.06. The molecule has 1 unspecified atom stereocenters. The molecule has 0 amide bonds. The smallest absolute Gasteiger partial charge is 0.142 e. The fourth-order valence-corrected chi connectivity index (χ4v) is 0. The molecule has 2 nitrogen and oxygen atoms in total. The molecule has 0 spiro atoms. The second-order valence-corrected chi connectivity index (χ2v) is 2.64. The summed E-state index contributed by atoms with van der Waals surface area (Å²) >= 11 is 0. The van der Waals surface area contributed by atoms with Gasteiger partial charge in [0, 0.05) is 15.9 Å². The zero-order valence-electron chi connectivity index (χ0n) is 4.06. The van der Waals surface area contributed by atoms with Gasteiger partial charge >= 0.3 is 0 Å². The van der Waals surface area contributed by atoms with Crippen LogP contribution in [0.3, 0.4) is 0 Å². The molecule has 36 valence electrons. The van der Waals surface area contributed by atoms with Gasteiger partial charge in [-0.2, -0.15) is 0 Å². The van der Waals surface area contributed by atoms with Gasteiger partial charge in [0.1, 0.15) is 5.78 Å². The predicted octanol–water partition coefficient (Wildman–Crippen LogP) is -1.77. The minimum Gasteiger partial charge on any atom is -0.325 e. The number of Topliss-reactive ketones (excluding diaryl/α,β-unsaturated/α-hetero) is 1. The van der Waals surface area contributed by atoms with Crippen molar-refractivity contribution in [2.24, 2.45) is 5.73 Å². The molecule has 0 radical (unpaired) electrons. The molecular formula is C3H9NOSi. The SMILES string of the molecule is CC(=O)C(N)[SiH3]. The summed E-state index contributed by atoms with van der Waals surface area (Å²) in [5.74, 6) is 0.0988. The Labute approximate surface area is 40.1 Å². The Morgan fingerprint density at radius 2 is 2.17 bits per heavy atom. The lowest BCUT2D eigenvalue weighted by Gasteiger charge is -1.91. The third-order valence-corrected chi connectivity index (χ3v) is 1.45. The van der Waals surface area contributed by atoms with Crippen LogP contribution in [0.15, 0.2) is 0 Å². The Kier molecular flexibility index (Phi) is 2.04. The van der Waals surface area contributed by atoms with Gasteiger partial charge in [0.2, 0.25) is 0 Å². The first-order valence-electron chi connectivity index (χ1n) is 1.90. The van der Waals surface area contributed by atoms with Crippen LogP contribution in [0.1, 0.15) is 6.92 Å². The van der Waals surface area contributed by atoms with E-state index < -0.39 is 0 Å². The maximum absolute atomic E-state index is 10.1. The van der Waals surface area contributed by atoms with Gasteiger partial charge in [0.25, 0.3) is 0 Å². The van der Waals surface area contributed by atoms with Gasteiger partial charge in [-0.3, -0.25) is 4.79 Å². The maximum atomic E-state index is 10.1. The molecule has 0 bridgehead atoms. The van der Waals surface area contributed by atoms with Crippen molar-refractivity contribution in [1.82, 2.24) is 0 Å². The molecular weight excluding hydrogens is 94.1 g/mol. The number of carbonyl (C=O) groups excluding carboxylic acids is 1. The van der Waals surface area contributed by atoms with E-state index in [1.54, 1.807) is 0 Å². The molecule has 0 rings (SSSR count). The van der Waals surface area contributed by atoms with Crippen molar-refractivity contribution in [3.05, 3.63) is 0 Å². The summed E-state index contributed by atoms with van der Waals surface area (Å²) in [6.45, 7) is 1.51. The molecule has 0 heterocycles. The van der Waals surface area contributed by atoms with Crippen LogP contribution < -0.4 is 5.73 Å². The largest absolute Gasteiger partial charge is 0.325 e. The Bertz CT molecular complexity index is 61.8. The van der Waals surface area contributed by atoms with E-state index >= 15 is 0 Å². The van der Waals surface area contributed by atoms with Gasteiger partial charge in [-0.25, -0.2) is 0 Å². The predicted molar refractivity (Wildman–Crippen MR) is 28.6 cm³/mol. The Morgan fingerprint density at radius 3 is 2.17 bits per heavy atom. The average Bonchev–Trinajstić information content (AvgIpc) is 1.36. The van der Waals surface area contributed by atoms with Crippen LogP contribution in [0.25, 0.3) is 0 Å². The summed E-state index contributed by atoms with van der Waals surface area (Å²) < 4.78 is 0. The van der Waals surface area contributed by atoms with Gasteiger partial charge in [0.05, 0.1) is 0 Å². The second kappa shape index (κ2) is 2.10. The quantitative estimate of drug-likeness (QED) is 0.399. The zero-order valence-corrected chi connectivity index (χ0v) is 6.06. The van der Waals surface area contributed by atoms with Crippen LogP contribution >= 0.6 is 0 Å². The monoisotopic (exact) mass is 103 g/mol. The van der Waals surface area contributed by atoms with E-state index in [2.05, 4.69) is 0 Å². The fraction of sp³-hybridized carbons (Fsp3) is 0.667. The van der Waals surface area contributed by atoms with E-state index in [-0.39, 0.29) is 11.4 Å². The van der Waals surface area contributed by atoms with Crippen molar-refractivity contribution in [2.45, 2.75) is 12.6 Å². The van der Waals surface area contributed by atoms with E-state index in [1.807, 2.05) is 0 Å². The highest BCUT2D eigenvalue weighted by Crippen LogP contribution is 1.66. The van der Waals surface area contributed by atoms with Crippen molar-refractivity contribution in [2.75, 3.05) is 0 Å². The van der Waals surface area contributed by atoms with Crippen LogP contribution in [0, 0.1) is 0 Å². The number of rotatable bonds is 1. The van der Waals surface area contributed by atoms with Crippen molar-refractivity contribution in [3.8, 4) is 0 Å². The molecule has 0 aliphatic heterocycles. The zero-order chi connectivity index (χ0) is 5.15. The van der Waals surface area contributed by atoms with Crippen LogP contribution in [0.5, 0.6) is 0 Å². The van der Waals surface area contributed by atoms with E-state index in [9.17, 15) is 4.79 Å². The Hall–Kier alpha value is -0.153. The van der Waals surface area contributed by atoms with Crippen LogP contribution in [-0.2, 0) is 4.79 Å². The molecule has 0 aromatic rings. The van der Waals surface area contributed by atoms with Gasteiger partial charge in [-0.1, -0.05) is 0 Å². The van der Waals surface area contributed by atoms with E-state index in [1.165, 1.54) is 6.92 Å². The standard InChI is InChI=1S/C3H9NOSi/c1-2(5)3(4)6/h3H,4H2,1,6H3. The molecule has 6 heavy (non-hydrogen) atoms. The molecule has 3 heteroatoms. The van der Waals surface area contributed by atoms with Gasteiger partial charge < -0.3 is 5.73 Å². The molecule has 1 atom stereocenters. The van der Waals surface area contributed by atoms with Crippen molar-refractivity contribution >= 4 is 16.0 Å². The lowest BCUT2D eigenvalue weighted by Crippen LogP contribution is -2.27. The number of hydrogen-bond acceptors (Lipinski definition) is 2. The summed E-state index contributed by atoms with van der Waals surface area (Å²) in [5.41, 5.74) is 5.00. The lowest BCUT2D eigenvalue weighted by atomic mass is 10.5. The molecule has 0 aromatic heterocycles. The highest BCUT2D eigenvalue weighted by atomic mass is 28.1. The van der Waals surface area contributed by atoms with Gasteiger partial charge in [0.15, 0.2) is 0 Å². The van der Waals surface area contributed by atoms with Gasteiger partial charge in [-0.05, 0) is 6.92 Å². The Morgan fingerprint density at radius 1 is 2.00 bits per heavy atom. The van der Waals surface area contributed by atoms with E-state index in [4.69, 9.17) is 5.73 Å². The minimum absolute atomic E-state index is 0.0988. The summed E-state index contributed by atoms with van der Waals surface area (Å²) in [4.78, 5) is 10.1. The topological polar surface area (TPSA) is 43.1 Å².